The van der Waals surface area contributed by atoms with E-state index < -0.39 is 43.3 Å². The highest BCUT2D eigenvalue weighted by Crippen LogP contribution is 2.24. The third kappa shape index (κ3) is 3.14. The van der Waals surface area contributed by atoms with Gasteiger partial charge in [0.05, 0.1) is 13.0 Å². The number of nitrogens with one attached hydrogen (secondary N) is 1. The highest BCUT2D eigenvalue weighted by atomic mass is 16.7. The molecule has 2 aromatic rings. The first-order chi connectivity index (χ1) is 11.5. The maximum absolute atomic E-state index is 12.2. The predicted octanol–water partition coefficient (Wildman–Crippen LogP) is -0.947. The molecular formula is C16H19NO7. The molecule has 1 aliphatic heterocycles. The minimum Gasteiger partial charge on any atom is -0.456 e. The number of aromatic nitrogens is 1. The minimum absolute atomic E-state index is 0.0516. The van der Waals surface area contributed by atoms with Crippen LogP contribution in [0.1, 0.15) is 5.56 Å². The Kier molecular flexibility index (Phi) is 4.83. The van der Waals surface area contributed by atoms with Gasteiger partial charge in [-0.25, -0.2) is 0 Å². The van der Waals surface area contributed by atoms with E-state index in [1.807, 2.05) is 24.3 Å². The zero-order chi connectivity index (χ0) is 17.3. The summed E-state index contributed by atoms with van der Waals surface area (Å²) in [4.78, 5) is 15.2. The van der Waals surface area contributed by atoms with Crippen LogP contribution in [0.4, 0.5) is 0 Å². The second kappa shape index (κ2) is 6.88. The van der Waals surface area contributed by atoms with E-state index in [0.717, 1.165) is 16.5 Å². The number of H-pyrrole nitrogens is 1. The van der Waals surface area contributed by atoms with Crippen LogP contribution in [0.5, 0.6) is 0 Å². The zero-order valence-corrected chi connectivity index (χ0v) is 12.7. The number of ether oxygens (including phenoxy) is 2. The van der Waals surface area contributed by atoms with Crippen molar-refractivity contribution in [2.75, 3.05) is 6.61 Å². The molecule has 0 bridgehead atoms. The SMILES string of the molecule is O=C(Cc1c[nH]c2ccccc12)O[C@H]1[C@H](O)[C@@H](O)[C@H](O)O[C@@H]1CO. The van der Waals surface area contributed by atoms with E-state index in [0.29, 0.717) is 0 Å². The second-order valence-electron chi connectivity index (χ2n) is 5.72. The van der Waals surface area contributed by atoms with Crippen molar-refractivity contribution in [3.05, 3.63) is 36.0 Å². The molecule has 1 fully saturated rings. The largest absolute Gasteiger partial charge is 0.456 e. The summed E-state index contributed by atoms with van der Waals surface area (Å²) in [6.07, 6.45) is -5.58. The number of aromatic amines is 1. The van der Waals surface area contributed by atoms with Crippen LogP contribution >= 0.6 is 0 Å². The topological polar surface area (TPSA) is 132 Å². The number of para-hydroxylation sites is 1. The molecule has 1 aliphatic rings. The van der Waals surface area contributed by atoms with Crippen molar-refractivity contribution in [1.29, 1.82) is 0 Å². The summed E-state index contributed by atoms with van der Waals surface area (Å²) in [5.74, 6) is -0.644. The molecule has 8 heteroatoms. The van der Waals surface area contributed by atoms with Crippen molar-refractivity contribution >= 4 is 16.9 Å². The van der Waals surface area contributed by atoms with Gasteiger partial charge in [-0.15, -0.1) is 0 Å². The zero-order valence-electron chi connectivity index (χ0n) is 12.7. The first-order valence-corrected chi connectivity index (χ1v) is 7.56. The lowest BCUT2D eigenvalue weighted by molar-refractivity contribution is -0.289. The van der Waals surface area contributed by atoms with E-state index in [-0.39, 0.29) is 6.42 Å². The van der Waals surface area contributed by atoms with Crippen LogP contribution in [0.25, 0.3) is 10.9 Å². The fourth-order valence-corrected chi connectivity index (χ4v) is 2.84. The Morgan fingerprint density at radius 1 is 1.21 bits per heavy atom. The van der Waals surface area contributed by atoms with Gasteiger partial charge in [0.15, 0.2) is 12.4 Å². The van der Waals surface area contributed by atoms with Gasteiger partial charge in [-0.05, 0) is 11.6 Å². The van der Waals surface area contributed by atoms with Crippen LogP contribution in [0, 0.1) is 0 Å². The average molecular weight is 337 g/mol. The van der Waals surface area contributed by atoms with E-state index in [2.05, 4.69) is 4.98 Å². The standard InChI is InChI=1S/C16H19NO7/c18-7-11-15(13(20)14(21)16(22)23-11)24-12(19)5-8-6-17-10-4-2-1-3-9(8)10/h1-4,6,11,13-18,20-22H,5,7H2/t11-,13-,14-,15-,16-/m1/s1. The van der Waals surface area contributed by atoms with Crippen LogP contribution in [0.2, 0.25) is 0 Å². The summed E-state index contributed by atoms with van der Waals surface area (Å²) >= 11 is 0. The van der Waals surface area contributed by atoms with Crippen molar-refractivity contribution in [2.45, 2.75) is 37.1 Å². The Balaban J connectivity index is 1.71. The summed E-state index contributed by atoms with van der Waals surface area (Å²) in [7, 11) is 0. The number of rotatable bonds is 4. The molecule has 2 heterocycles. The van der Waals surface area contributed by atoms with E-state index in [1.54, 1.807) is 6.20 Å². The van der Waals surface area contributed by atoms with Gasteiger partial charge in [-0.1, -0.05) is 18.2 Å². The lowest BCUT2D eigenvalue weighted by Crippen LogP contribution is -2.59. The summed E-state index contributed by atoms with van der Waals surface area (Å²) in [5, 5.41) is 39.2. The van der Waals surface area contributed by atoms with Gasteiger partial charge in [-0.2, -0.15) is 0 Å². The Labute approximate surface area is 137 Å². The Bertz CT molecular complexity index is 713. The molecule has 0 amide bonds. The van der Waals surface area contributed by atoms with Crippen molar-refractivity contribution in [3.8, 4) is 0 Å². The van der Waals surface area contributed by atoms with E-state index in [4.69, 9.17) is 9.47 Å². The van der Waals surface area contributed by atoms with Crippen molar-refractivity contribution < 1.29 is 34.7 Å². The first-order valence-electron chi connectivity index (χ1n) is 7.56. The number of fused-ring (bicyclic) bond motifs is 1. The lowest BCUT2D eigenvalue weighted by Gasteiger charge is -2.39. The van der Waals surface area contributed by atoms with Gasteiger partial charge in [0.25, 0.3) is 0 Å². The Morgan fingerprint density at radius 2 is 1.96 bits per heavy atom. The normalized spacial score (nSPS) is 30.4. The first kappa shape index (κ1) is 16.9. The van der Waals surface area contributed by atoms with Crippen LogP contribution in [-0.4, -0.2) is 68.7 Å². The van der Waals surface area contributed by atoms with Crippen LogP contribution in [0.3, 0.4) is 0 Å². The molecule has 0 radical (unpaired) electrons. The van der Waals surface area contributed by atoms with Crippen LogP contribution < -0.4 is 0 Å². The maximum atomic E-state index is 12.2. The summed E-state index contributed by atoms with van der Waals surface area (Å²) < 4.78 is 10.1. The average Bonchev–Trinajstić information content (AvgIpc) is 2.98. The molecule has 130 valence electrons. The van der Waals surface area contributed by atoms with Gasteiger partial charge in [0.1, 0.15) is 18.3 Å². The number of esters is 1. The van der Waals surface area contributed by atoms with Gasteiger partial charge >= 0.3 is 5.97 Å². The predicted molar refractivity (Wildman–Crippen MR) is 81.9 cm³/mol. The monoisotopic (exact) mass is 337 g/mol. The van der Waals surface area contributed by atoms with Gasteiger partial charge in [-0.3, -0.25) is 4.79 Å². The third-order valence-corrected chi connectivity index (χ3v) is 4.12. The molecular weight excluding hydrogens is 318 g/mol. The molecule has 8 nitrogen and oxygen atoms in total. The lowest BCUT2D eigenvalue weighted by atomic mass is 9.99. The molecule has 1 aromatic heterocycles. The minimum atomic E-state index is -1.65. The molecule has 0 saturated carbocycles. The smallest absolute Gasteiger partial charge is 0.310 e. The number of carbonyl (C=O) groups is 1. The molecule has 3 rings (SSSR count). The Hall–Kier alpha value is -1.97. The van der Waals surface area contributed by atoms with E-state index in [1.165, 1.54) is 0 Å². The number of aliphatic hydroxyl groups excluding tert-OH is 4. The number of hydrogen-bond acceptors (Lipinski definition) is 7. The summed E-state index contributed by atoms with van der Waals surface area (Å²) in [5.41, 5.74) is 1.61. The molecule has 5 atom stereocenters. The van der Waals surface area contributed by atoms with Crippen molar-refractivity contribution in [1.82, 2.24) is 4.98 Å². The molecule has 1 aromatic carbocycles. The number of carbonyl (C=O) groups excluding carboxylic acids is 1. The van der Waals surface area contributed by atoms with Crippen LogP contribution in [0.15, 0.2) is 30.5 Å². The molecule has 0 unspecified atom stereocenters. The summed E-state index contributed by atoms with van der Waals surface area (Å²) in [6.45, 7) is -0.578. The number of aliphatic hydroxyl groups is 4. The van der Waals surface area contributed by atoms with Crippen molar-refractivity contribution in [3.63, 3.8) is 0 Å². The van der Waals surface area contributed by atoms with Gasteiger partial charge in [0, 0.05) is 17.1 Å². The highest BCUT2D eigenvalue weighted by Gasteiger charge is 2.45. The Morgan fingerprint density at radius 3 is 2.71 bits per heavy atom. The fraction of sp³-hybridized carbons (Fsp3) is 0.438. The van der Waals surface area contributed by atoms with Gasteiger partial charge in [0.2, 0.25) is 0 Å². The van der Waals surface area contributed by atoms with E-state index in [9.17, 15) is 25.2 Å². The third-order valence-electron chi connectivity index (χ3n) is 4.12. The number of benzene rings is 1. The summed E-state index contributed by atoms with van der Waals surface area (Å²) in [6, 6.07) is 7.46. The molecule has 5 N–H and O–H groups in total. The second-order valence-corrected chi connectivity index (χ2v) is 5.72. The van der Waals surface area contributed by atoms with Crippen LogP contribution in [-0.2, 0) is 20.7 Å². The fourth-order valence-electron chi connectivity index (χ4n) is 2.84. The molecule has 24 heavy (non-hydrogen) atoms. The molecule has 0 aliphatic carbocycles. The molecule has 0 spiro atoms. The maximum Gasteiger partial charge on any atom is 0.310 e. The highest BCUT2D eigenvalue weighted by molar-refractivity contribution is 5.87. The quantitative estimate of drug-likeness (QED) is 0.455. The number of hydrogen-bond donors (Lipinski definition) is 5. The van der Waals surface area contributed by atoms with Gasteiger partial charge < -0.3 is 34.9 Å². The van der Waals surface area contributed by atoms with E-state index >= 15 is 0 Å². The van der Waals surface area contributed by atoms with Crippen molar-refractivity contribution in [2.24, 2.45) is 0 Å². The molecule has 1 saturated heterocycles.